The highest BCUT2D eigenvalue weighted by Gasteiger charge is 2.31. The van der Waals surface area contributed by atoms with E-state index in [1.54, 1.807) is 0 Å². The molecular weight excluding hydrogens is 480 g/mol. The number of amides is 1. The monoisotopic (exact) mass is 498 g/mol. The average molecular weight is 498 g/mol. The van der Waals surface area contributed by atoms with Crippen molar-refractivity contribution < 1.29 is 40.2 Å². The molecule has 0 aliphatic heterocycles. The van der Waals surface area contributed by atoms with Gasteiger partial charge in [-0.05, 0) is 72.8 Å². The van der Waals surface area contributed by atoms with Crippen LogP contribution in [0.25, 0.3) is 0 Å². The molecule has 0 heterocycles. The van der Waals surface area contributed by atoms with Crippen molar-refractivity contribution in [2.45, 2.75) is 11.3 Å². The van der Waals surface area contributed by atoms with Crippen molar-refractivity contribution in [3.8, 4) is 11.5 Å². The van der Waals surface area contributed by atoms with Gasteiger partial charge in [0, 0.05) is 12.7 Å². The Kier molecular flexibility index (Phi) is 7.30. The van der Waals surface area contributed by atoms with E-state index in [0.717, 1.165) is 40.7 Å². The standard InChI is InChI=1S/C22H18F4N2O5S/c1-28(34(30,31)20-12-2-15(23)3-13-20)17-6-10-18(11-7-17)32-14-21(29)27-16-4-8-19(9-5-16)33-22(24,25)26/h2-13H,14H2,1H3,(H,27,29). The molecule has 0 atom stereocenters. The molecule has 0 aromatic heterocycles. The molecule has 34 heavy (non-hydrogen) atoms. The number of rotatable bonds is 8. The fourth-order valence-electron chi connectivity index (χ4n) is 2.74. The summed E-state index contributed by atoms with van der Waals surface area (Å²) in [4.78, 5) is 11.9. The van der Waals surface area contributed by atoms with E-state index in [1.165, 1.54) is 43.4 Å². The first kappa shape index (κ1) is 24.8. The highest BCUT2D eigenvalue weighted by molar-refractivity contribution is 7.92. The van der Waals surface area contributed by atoms with E-state index < -0.39 is 40.5 Å². The molecule has 3 rings (SSSR count). The molecule has 180 valence electrons. The van der Waals surface area contributed by atoms with Crippen molar-refractivity contribution in [3.05, 3.63) is 78.6 Å². The smallest absolute Gasteiger partial charge is 0.484 e. The number of anilines is 2. The maximum atomic E-state index is 13.1. The quantitative estimate of drug-likeness (QED) is 0.460. The van der Waals surface area contributed by atoms with Gasteiger partial charge in [0.25, 0.3) is 15.9 Å². The Balaban J connectivity index is 1.55. The maximum absolute atomic E-state index is 13.1. The summed E-state index contributed by atoms with van der Waals surface area (Å²) in [5, 5.41) is 2.46. The van der Waals surface area contributed by atoms with Crippen LogP contribution in [0.4, 0.5) is 28.9 Å². The molecular formula is C22H18F4N2O5S. The normalized spacial score (nSPS) is 11.6. The number of ether oxygens (including phenoxy) is 2. The third-order valence-corrected chi connectivity index (χ3v) is 6.21. The molecule has 0 radical (unpaired) electrons. The summed E-state index contributed by atoms with van der Waals surface area (Å²) in [7, 11) is -2.56. The lowest BCUT2D eigenvalue weighted by Crippen LogP contribution is -2.26. The van der Waals surface area contributed by atoms with Crippen molar-refractivity contribution in [1.82, 2.24) is 0 Å². The Hall–Kier alpha value is -3.80. The summed E-state index contributed by atoms with van der Waals surface area (Å²) in [6.45, 7) is -0.399. The first-order valence-electron chi connectivity index (χ1n) is 9.57. The molecule has 0 aliphatic carbocycles. The SMILES string of the molecule is CN(c1ccc(OCC(=O)Nc2ccc(OC(F)(F)F)cc2)cc1)S(=O)(=O)c1ccc(F)cc1. The van der Waals surface area contributed by atoms with Gasteiger partial charge in [0.1, 0.15) is 17.3 Å². The van der Waals surface area contributed by atoms with Gasteiger partial charge in [-0.25, -0.2) is 12.8 Å². The van der Waals surface area contributed by atoms with Crippen molar-refractivity contribution in [2.75, 3.05) is 23.3 Å². The van der Waals surface area contributed by atoms with Gasteiger partial charge in [-0.3, -0.25) is 9.10 Å². The number of halogens is 4. The van der Waals surface area contributed by atoms with Crippen molar-refractivity contribution >= 4 is 27.3 Å². The minimum atomic E-state index is -4.81. The second kappa shape index (κ2) is 10.00. The highest BCUT2D eigenvalue weighted by Crippen LogP contribution is 2.25. The van der Waals surface area contributed by atoms with Crippen LogP contribution in [0.2, 0.25) is 0 Å². The lowest BCUT2D eigenvalue weighted by molar-refractivity contribution is -0.274. The van der Waals surface area contributed by atoms with Crippen LogP contribution in [0.1, 0.15) is 0 Å². The van der Waals surface area contributed by atoms with E-state index in [2.05, 4.69) is 10.1 Å². The number of nitrogens with one attached hydrogen (secondary N) is 1. The van der Waals surface area contributed by atoms with Gasteiger partial charge in [-0.15, -0.1) is 13.2 Å². The summed E-state index contributed by atoms with van der Waals surface area (Å²) in [6.07, 6.45) is -4.81. The Morgan fingerprint density at radius 1 is 0.912 bits per heavy atom. The zero-order valence-corrected chi connectivity index (χ0v) is 18.4. The van der Waals surface area contributed by atoms with E-state index in [4.69, 9.17) is 4.74 Å². The molecule has 1 N–H and O–H groups in total. The van der Waals surface area contributed by atoms with E-state index in [9.17, 15) is 30.8 Å². The van der Waals surface area contributed by atoms with Crippen LogP contribution < -0.4 is 19.1 Å². The van der Waals surface area contributed by atoms with E-state index in [-0.39, 0.29) is 16.3 Å². The number of hydrogen-bond acceptors (Lipinski definition) is 5. The third-order valence-electron chi connectivity index (χ3n) is 4.41. The van der Waals surface area contributed by atoms with Gasteiger partial charge >= 0.3 is 6.36 Å². The zero-order valence-electron chi connectivity index (χ0n) is 17.5. The minimum absolute atomic E-state index is 0.0774. The molecule has 0 spiro atoms. The molecule has 3 aromatic carbocycles. The molecule has 3 aromatic rings. The predicted molar refractivity (Wildman–Crippen MR) is 116 cm³/mol. The second-order valence-corrected chi connectivity index (χ2v) is 8.80. The molecule has 7 nitrogen and oxygen atoms in total. The van der Waals surface area contributed by atoms with Crippen LogP contribution in [0.5, 0.6) is 11.5 Å². The van der Waals surface area contributed by atoms with E-state index in [1.807, 2.05) is 0 Å². The van der Waals surface area contributed by atoms with Crippen molar-refractivity contribution in [1.29, 1.82) is 0 Å². The molecule has 12 heteroatoms. The highest BCUT2D eigenvalue weighted by atomic mass is 32.2. The lowest BCUT2D eigenvalue weighted by Gasteiger charge is -2.20. The average Bonchev–Trinajstić information content (AvgIpc) is 2.78. The fourth-order valence-corrected chi connectivity index (χ4v) is 3.94. The van der Waals surface area contributed by atoms with Crippen LogP contribution in [0.15, 0.2) is 77.7 Å². The predicted octanol–water partition coefficient (Wildman–Crippen LogP) is 4.57. The van der Waals surface area contributed by atoms with Gasteiger partial charge in [-0.1, -0.05) is 0 Å². The molecule has 1 amide bonds. The summed E-state index contributed by atoms with van der Waals surface area (Å²) < 4.78 is 85.1. The Bertz CT molecular complexity index is 1230. The summed E-state index contributed by atoms with van der Waals surface area (Å²) in [5.74, 6) is -1.27. The fraction of sp³-hybridized carbons (Fsp3) is 0.136. The first-order valence-corrected chi connectivity index (χ1v) is 11.0. The maximum Gasteiger partial charge on any atom is 0.573 e. The van der Waals surface area contributed by atoms with Crippen molar-refractivity contribution in [3.63, 3.8) is 0 Å². The number of sulfonamides is 1. The Labute approximate surface area is 192 Å². The van der Waals surface area contributed by atoms with Gasteiger partial charge in [0.05, 0.1) is 10.6 Å². The van der Waals surface area contributed by atoms with Crippen LogP contribution in [-0.2, 0) is 14.8 Å². The molecule has 0 saturated heterocycles. The minimum Gasteiger partial charge on any atom is -0.484 e. The molecule has 0 aliphatic rings. The molecule has 0 fully saturated rings. The summed E-state index contributed by atoms with van der Waals surface area (Å²) in [6, 6.07) is 14.9. The Morgan fingerprint density at radius 2 is 1.47 bits per heavy atom. The summed E-state index contributed by atoms with van der Waals surface area (Å²) >= 11 is 0. The lowest BCUT2D eigenvalue weighted by atomic mass is 10.3. The topological polar surface area (TPSA) is 84.9 Å². The number of carbonyl (C=O) groups is 1. The molecule has 0 bridgehead atoms. The molecule has 0 saturated carbocycles. The van der Waals surface area contributed by atoms with Crippen molar-refractivity contribution in [2.24, 2.45) is 0 Å². The third kappa shape index (κ3) is 6.61. The number of hydrogen-bond donors (Lipinski definition) is 1. The number of nitrogens with zero attached hydrogens (tertiary/aromatic N) is 1. The van der Waals surface area contributed by atoms with E-state index >= 15 is 0 Å². The Morgan fingerprint density at radius 3 is 2.03 bits per heavy atom. The van der Waals surface area contributed by atoms with Crippen LogP contribution in [0, 0.1) is 5.82 Å². The van der Waals surface area contributed by atoms with Gasteiger partial charge in [0.2, 0.25) is 0 Å². The number of carbonyl (C=O) groups excluding carboxylic acids is 1. The van der Waals surface area contributed by atoms with E-state index in [0.29, 0.717) is 5.69 Å². The van der Waals surface area contributed by atoms with Gasteiger partial charge < -0.3 is 14.8 Å². The first-order chi connectivity index (χ1) is 15.9. The van der Waals surface area contributed by atoms with Gasteiger partial charge in [-0.2, -0.15) is 0 Å². The van der Waals surface area contributed by atoms with Gasteiger partial charge in [0.15, 0.2) is 6.61 Å². The van der Waals surface area contributed by atoms with Crippen LogP contribution in [-0.4, -0.2) is 34.3 Å². The second-order valence-electron chi connectivity index (χ2n) is 6.83. The summed E-state index contributed by atoms with van der Waals surface area (Å²) in [5.41, 5.74) is 0.549. The molecule has 0 unspecified atom stereocenters. The zero-order chi connectivity index (χ0) is 24.9. The number of alkyl halides is 3. The largest absolute Gasteiger partial charge is 0.573 e. The van der Waals surface area contributed by atoms with Crippen LogP contribution >= 0.6 is 0 Å². The van der Waals surface area contributed by atoms with Crippen LogP contribution in [0.3, 0.4) is 0 Å². The number of benzene rings is 3.